The number of nitrogens with zero attached hydrogens (tertiary/aromatic N) is 1. The van der Waals surface area contributed by atoms with Gasteiger partial charge >= 0.3 is 0 Å². The van der Waals surface area contributed by atoms with Crippen LogP contribution in [0.1, 0.15) is 10.9 Å². The lowest BCUT2D eigenvalue weighted by atomic mass is 10.1. The summed E-state index contributed by atoms with van der Waals surface area (Å²) in [6, 6.07) is 17.9. The van der Waals surface area contributed by atoms with Gasteiger partial charge in [-0.1, -0.05) is 41.9 Å². The van der Waals surface area contributed by atoms with Crippen molar-refractivity contribution in [3.8, 4) is 0 Å². The van der Waals surface area contributed by atoms with Gasteiger partial charge in [-0.15, -0.1) is 11.6 Å². The third kappa shape index (κ3) is 3.41. The minimum absolute atomic E-state index is 0.0486. The molecule has 1 atom stereocenters. The van der Waals surface area contributed by atoms with Crippen LogP contribution in [0.4, 0.5) is 5.69 Å². The molecular formula is C15H15Cl2N. The van der Waals surface area contributed by atoms with Gasteiger partial charge in [-0.05, 0) is 29.8 Å². The molecule has 2 aromatic carbocycles. The molecular weight excluding hydrogens is 265 g/mol. The Morgan fingerprint density at radius 2 is 1.61 bits per heavy atom. The third-order valence-electron chi connectivity index (χ3n) is 2.86. The number of rotatable bonds is 4. The molecule has 94 valence electrons. The molecule has 0 heterocycles. The quantitative estimate of drug-likeness (QED) is 0.730. The van der Waals surface area contributed by atoms with Gasteiger partial charge in [0.2, 0.25) is 0 Å². The molecule has 0 radical (unpaired) electrons. The largest absolute Gasteiger partial charge is 0.373 e. The molecule has 0 aliphatic heterocycles. The van der Waals surface area contributed by atoms with Crippen molar-refractivity contribution in [2.75, 3.05) is 18.5 Å². The molecule has 3 heteroatoms. The summed E-state index contributed by atoms with van der Waals surface area (Å²) in [5.74, 6) is 0. The number of anilines is 1. The summed E-state index contributed by atoms with van der Waals surface area (Å²) in [5, 5.41) is 0.687. The molecule has 0 N–H and O–H groups in total. The third-order valence-corrected chi connectivity index (χ3v) is 3.50. The van der Waals surface area contributed by atoms with E-state index in [9.17, 15) is 0 Å². The Morgan fingerprint density at radius 3 is 2.22 bits per heavy atom. The molecule has 0 spiro atoms. The highest BCUT2D eigenvalue weighted by molar-refractivity contribution is 6.30. The normalized spacial score (nSPS) is 12.2. The predicted molar refractivity (Wildman–Crippen MR) is 79.8 cm³/mol. The van der Waals surface area contributed by atoms with E-state index >= 15 is 0 Å². The molecule has 0 aromatic heterocycles. The van der Waals surface area contributed by atoms with Gasteiger partial charge < -0.3 is 4.90 Å². The average molecular weight is 280 g/mol. The SMILES string of the molecule is CN(CC(Cl)c1ccc(Cl)cc1)c1ccccc1. The minimum atomic E-state index is -0.0486. The van der Waals surface area contributed by atoms with Crippen LogP contribution >= 0.6 is 23.2 Å². The molecule has 2 rings (SSSR count). The number of hydrogen-bond acceptors (Lipinski definition) is 1. The summed E-state index contributed by atoms with van der Waals surface area (Å²) in [5.41, 5.74) is 2.25. The molecule has 0 aliphatic rings. The number of alkyl halides is 1. The van der Waals surface area contributed by atoms with Gasteiger partial charge in [0, 0.05) is 24.3 Å². The first-order chi connectivity index (χ1) is 8.66. The van der Waals surface area contributed by atoms with Gasteiger partial charge in [-0.3, -0.25) is 0 Å². The Labute approximate surface area is 118 Å². The average Bonchev–Trinajstić information content (AvgIpc) is 2.40. The Hall–Kier alpha value is -1.18. The summed E-state index contributed by atoms with van der Waals surface area (Å²) in [6.45, 7) is 0.757. The standard InChI is InChI=1S/C15H15Cl2N/c1-18(14-5-3-2-4-6-14)11-15(17)12-7-9-13(16)10-8-12/h2-10,15H,11H2,1H3. The van der Waals surface area contributed by atoms with Crippen molar-refractivity contribution in [3.63, 3.8) is 0 Å². The zero-order chi connectivity index (χ0) is 13.0. The van der Waals surface area contributed by atoms with E-state index in [4.69, 9.17) is 23.2 Å². The Balaban J connectivity index is 2.03. The van der Waals surface area contributed by atoms with Crippen molar-refractivity contribution in [1.29, 1.82) is 0 Å². The second-order valence-corrected chi connectivity index (χ2v) is 5.20. The van der Waals surface area contributed by atoms with E-state index in [1.165, 1.54) is 0 Å². The fourth-order valence-electron chi connectivity index (χ4n) is 1.81. The Kier molecular flexibility index (Phi) is 4.51. The van der Waals surface area contributed by atoms with Crippen molar-refractivity contribution >= 4 is 28.9 Å². The lowest BCUT2D eigenvalue weighted by molar-refractivity contribution is 0.851. The maximum absolute atomic E-state index is 6.42. The van der Waals surface area contributed by atoms with Gasteiger partial charge in [0.25, 0.3) is 0 Å². The smallest absolute Gasteiger partial charge is 0.0760 e. The molecule has 1 unspecified atom stereocenters. The first-order valence-electron chi connectivity index (χ1n) is 5.82. The van der Waals surface area contributed by atoms with Gasteiger partial charge in [0.05, 0.1) is 5.38 Å². The summed E-state index contributed by atoms with van der Waals surface area (Å²) >= 11 is 12.3. The first-order valence-corrected chi connectivity index (χ1v) is 6.64. The minimum Gasteiger partial charge on any atom is -0.373 e. The second kappa shape index (κ2) is 6.12. The molecule has 0 saturated carbocycles. The van der Waals surface area contributed by atoms with E-state index in [-0.39, 0.29) is 5.38 Å². The Bertz CT molecular complexity index is 482. The molecule has 2 aromatic rings. The van der Waals surface area contributed by atoms with E-state index in [1.54, 1.807) is 0 Å². The van der Waals surface area contributed by atoms with Crippen LogP contribution in [0.5, 0.6) is 0 Å². The van der Waals surface area contributed by atoms with Gasteiger partial charge in [-0.25, -0.2) is 0 Å². The van der Waals surface area contributed by atoms with Crippen LogP contribution in [0, 0.1) is 0 Å². The van der Waals surface area contributed by atoms with Crippen LogP contribution in [0.2, 0.25) is 5.02 Å². The summed E-state index contributed by atoms with van der Waals surface area (Å²) < 4.78 is 0. The zero-order valence-corrected chi connectivity index (χ0v) is 11.7. The fraction of sp³-hybridized carbons (Fsp3) is 0.200. The van der Waals surface area contributed by atoms with Crippen LogP contribution in [-0.2, 0) is 0 Å². The number of hydrogen-bond donors (Lipinski definition) is 0. The van der Waals surface area contributed by atoms with E-state index in [0.29, 0.717) is 0 Å². The number of likely N-dealkylation sites (N-methyl/N-ethyl adjacent to an activating group) is 1. The van der Waals surface area contributed by atoms with E-state index in [0.717, 1.165) is 22.8 Å². The molecule has 0 bridgehead atoms. The number of benzene rings is 2. The second-order valence-electron chi connectivity index (χ2n) is 4.24. The highest BCUT2D eigenvalue weighted by Crippen LogP contribution is 2.24. The van der Waals surface area contributed by atoms with Crippen LogP contribution in [0.25, 0.3) is 0 Å². The maximum atomic E-state index is 6.42. The van der Waals surface area contributed by atoms with Crippen molar-refractivity contribution in [2.24, 2.45) is 0 Å². The zero-order valence-electron chi connectivity index (χ0n) is 10.2. The molecule has 18 heavy (non-hydrogen) atoms. The van der Waals surface area contributed by atoms with Crippen molar-refractivity contribution in [1.82, 2.24) is 0 Å². The summed E-state index contributed by atoms with van der Waals surface area (Å²) in [6.07, 6.45) is 0. The molecule has 0 aliphatic carbocycles. The molecule has 0 fully saturated rings. The number of para-hydroxylation sites is 1. The van der Waals surface area contributed by atoms with Crippen LogP contribution in [0.15, 0.2) is 54.6 Å². The van der Waals surface area contributed by atoms with Gasteiger partial charge in [0.1, 0.15) is 0 Å². The Morgan fingerprint density at radius 1 is 1.00 bits per heavy atom. The molecule has 0 saturated heterocycles. The van der Waals surface area contributed by atoms with E-state index < -0.39 is 0 Å². The van der Waals surface area contributed by atoms with Crippen molar-refractivity contribution < 1.29 is 0 Å². The van der Waals surface area contributed by atoms with Crippen molar-refractivity contribution in [3.05, 3.63) is 65.2 Å². The van der Waals surface area contributed by atoms with E-state index in [2.05, 4.69) is 17.0 Å². The molecule has 0 amide bonds. The maximum Gasteiger partial charge on any atom is 0.0760 e. The monoisotopic (exact) mass is 279 g/mol. The summed E-state index contributed by atoms with van der Waals surface area (Å²) in [7, 11) is 2.04. The first kappa shape index (κ1) is 13.3. The van der Waals surface area contributed by atoms with Gasteiger partial charge in [0.15, 0.2) is 0 Å². The highest BCUT2D eigenvalue weighted by Gasteiger charge is 2.11. The topological polar surface area (TPSA) is 3.24 Å². The van der Waals surface area contributed by atoms with Crippen LogP contribution in [-0.4, -0.2) is 13.6 Å². The van der Waals surface area contributed by atoms with E-state index in [1.807, 2.05) is 49.5 Å². The van der Waals surface area contributed by atoms with Crippen LogP contribution in [0.3, 0.4) is 0 Å². The highest BCUT2D eigenvalue weighted by atomic mass is 35.5. The lowest BCUT2D eigenvalue weighted by Gasteiger charge is -2.22. The van der Waals surface area contributed by atoms with Gasteiger partial charge in [-0.2, -0.15) is 0 Å². The van der Waals surface area contributed by atoms with Crippen molar-refractivity contribution in [2.45, 2.75) is 5.38 Å². The van der Waals surface area contributed by atoms with Crippen LogP contribution < -0.4 is 4.90 Å². The molecule has 1 nitrogen and oxygen atoms in total. The predicted octanol–water partition coefficient (Wildman–Crippen LogP) is 4.76. The summed E-state index contributed by atoms with van der Waals surface area (Å²) in [4.78, 5) is 2.15. The number of halogens is 2. The lowest BCUT2D eigenvalue weighted by Crippen LogP contribution is -2.21. The fourth-order valence-corrected chi connectivity index (χ4v) is 2.28.